The molecule has 0 unspecified atom stereocenters. The minimum Gasteiger partial charge on any atom is -0.395 e. The van der Waals surface area contributed by atoms with Crippen LogP contribution in [0.15, 0.2) is 30.6 Å². The van der Waals surface area contributed by atoms with Crippen LogP contribution in [-0.2, 0) is 0 Å². The SMILES string of the molecule is OCCNc1cc(-c2nccc(C3CCCC3)n2)c2cc[nH]c2n1. The molecule has 1 aliphatic rings. The lowest BCUT2D eigenvalue weighted by Crippen LogP contribution is -2.07. The van der Waals surface area contributed by atoms with Gasteiger partial charge in [-0.2, -0.15) is 0 Å². The van der Waals surface area contributed by atoms with E-state index in [1.807, 2.05) is 30.6 Å². The standard InChI is InChI=1S/C18H21N5O/c24-10-9-19-16-11-14(13-5-7-20-17(13)23-16)18-21-8-6-15(22-18)12-3-1-2-4-12/h5-8,11-12,24H,1-4,9-10H2,(H2,19,20,23). The molecule has 1 fully saturated rings. The van der Waals surface area contributed by atoms with Crippen molar-refractivity contribution in [1.82, 2.24) is 19.9 Å². The van der Waals surface area contributed by atoms with Crippen LogP contribution in [0.2, 0.25) is 0 Å². The summed E-state index contributed by atoms with van der Waals surface area (Å²) in [5, 5.41) is 13.1. The molecule has 3 aromatic heterocycles. The Labute approximate surface area is 140 Å². The average Bonchev–Trinajstić information content (AvgIpc) is 3.30. The van der Waals surface area contributed by atoms with Crippen molar-refractivity contribution >= 4 is 16.9 Å². The second-order valence-corrected chi connectivity index (χ2v) is 6.23. The van der Waals surface area contributed by atoms with Gasteiger partial charge in [-0.25, -0.2) is 15.0 Å². The molecule has 6 heteroatoms. The molecule has 0 aliphatic heterocycles. The molecule has 3 N–H and O–H groups in total. The Morgan fingerprint density at radius 1 is 1.21 bits per heavy atom. The smallest absolute Gasteiger partial charge is 0.160 e. The number of pyridine rings is 1. The highest BCUT2D eigenvalue weighted by atomic mass is 16.3. The summed E-state index contributed by atoms with van der Waals surface area (Å²) in [7, 11) is 0. The number of nitrogens with one attached hydrogen (secondary N) is 2. The predicted octanol–water partition coefficient (Wildman–Crippen LogP) is 3.08. The molecule has 0 atom stereocenters. The number of aliphatic hydroxyl groups is 1. The van der Waals surface area contributed by atoms with Crippen molar-refractivity contribution < 1.29 is 5.11 Å². The first kappa shape index (κ1) is 15.1. The maximum atomic E-state index is 9.02. The summed E-state index contributed by atoms with van der Waals surface area (Å²) < 4.78 is 0. The summed E-state index contributed by atoms with van der Waals surface area (Å²) in [6.07, 6.45) is 8.74. The van der Waals surface area contributed by atoms with Gasteiger partial charge in [0.05, 0.1) is 6.61 Å². The van der Waals surface area contributed by atoms with Crippen molar-refractivity contribution in [2.75, 3.05) is 18.5 Å². The number of hydrogen-bond donors (Lipinski definition) is 3. The highest BCUT2D eigenvalue weighted by Crippen LogP contribution is 2.34. The Morgan fingerprint density at radius 2 is 2.08 bits per heavy atom. The number of aliphatic hydroxyl groups excluding tert-OH is 1. The monoisotopic (exact) mass is 323 g/mol. The van der Waals surface area contributed by atoms with E-state index in [1.54, 1.807) is 0 Å². The number of anilines is 1. The molecule has 3 heterocycles. The van der Waals surface area contributed by atoms with E-state index in [9.17, 15) is 0 Å². The summed E-state index contributed by atoms with van der Waals surface area (Å²) in [5.74, 6) is 2.00. The predicted molar refractivity (Wildman–Crippen MR) is 93.9 cm³/mol. The van der Waals surface area contributed by atoms with Crippen molar-refractivity contribution in [3.05, 3.63) is 36.3 Å². The molecule has 0 radical (unpaired) electrons. The fourth-order valence-corrected chi connectivity index (χ4v) is 3.45. The van der Waals surface area contributed by atoms with Gasteiger partial charge in [-0.1, -0.05) is 12.8 Å². The maximum absolute atomic E-state index is 9.02. The second-order valence-electron chi connectivity index (χ2n) is 6.23. The number of rotatable bonds is 5. The largest absolute Gasteiger partial charge is 0.395 e. The van der Waals surface area contributed by atoms with Gasteiger partial charge in [-0.05, 0) is 31.0 Å². The third-order valence-corrected chi connectivity index (χ3v) is 4.64. The van der Waals surface area contributed by atoms with E-state index in [2.05, 4.69) is 20.3 Å². The van der Waals surface area contributed by atoms with Crippen LogP contribution in [0.5, 0.6) is 0 Å². The molecule has 124 valence electrons. The number of fused-ring (bicyclic) bond motifs is 1. The number of H-pyrrole nitrogens is 1. The van der Waals surface area contributed by atoms with Crippen LogP contribution in [0.4, 0.5) is 5.82 Å². The van der Waals surface area contributed by atoms with Crippen molar-refractivity contribution in [3.63, 3.8) is 0 Å². The van der Waals surface area contributed by atoms with Crippen LogP contribution in [0, 0.1) is 0 Å². The fourth-order valence-electron chi connectivity index (χ4n) is 3.45. The molecular weight excluding hydrogens is 302 g/mol. The Balaban J connectivity index is 1.77. The molecule has 0 amide bonds. The first-order valence-corrected chi connectivity index (χ1v) is 8.51. The van der Waals surface area contributed by atoms with Gasteiger partial charge in [-0.3, -0.25) is 0 Å². The van der Waals surface area contributed by atoms with Crippen LogP contribution in [0.1, 0.15) is 37.3 Å². The zero-order valence-corrected chi connectivity index (χ0v) is 13.5. The summed E-state index contributed by atoms with van der Waals surface area (Å²) in [6, 6.07) is 6.00. The lowest BCUT2D eigenvalue weighted by atomic mass is 10.0. The zero-order chi connectivity index (χ0) is 16.4. The highest BCUT2D eigenvalue weighted by molar-refractivity contribution is 5.92. The Kier molecular flexibility index (Phi) is 4.13. The van der Waals surface area contributed by atoms with Crippen molar-refractivity contribution in [2.45, 2.75) is 31.6 Å². The lowest BCUT2D eigenvalue weighted by Gasteiger charge is -2.11. The van der Waals surface area contributed by atoms with Gasteiger partial charge >= 0.3 is 0 Å². The van der Waals surface area contributed by atoms with Gasteiger partial charge < -0.3 is 15.4 Å². The molecule has 0 bridgehead atoms. The van der Waals surface area contributed by atoms with Crippen molar-refractivity contribution in [3.8, 4) is 11.4 Å². The molecule has 3 aromatic rings. The Morgan fingerprint density at radius 3 is 2.92 bits per heavy atom. The summed E-state index contributed by atoms with van der Waals surface area (Å²) in [6.45, 7) is 0.523. The minimum atomic E-state index is 0.0629. The molecule has 0 saturated heterocycles. The van der Waals surface area contributed by atoms with E-state index >= 15 is 0 Å². The van der Waals surface area contributed by atoms with E-state index in [1.165, 1.54) is 25.7 Å². The van der Waals surface area contributed by atoms with E-state index in [4.69, 9.17) is 10.1 Å². The molecule has 24 heavy (non-hydrogen) atoms. The van der Waals surface area contributed by atoms with Crippen molar-refractivity contribution in [2.24, 2.45) is 0 Å². The van der Waals surface area contributed by atoms with Crippen LogP contribution >= 0.6 is 0 Å². The third kappa shape index (κ3) is 2.85. The van der Waals surface area contributed by atoms with Crippen LogP contribution in [0.3, 0.4) is 0 Å². The van der Waals surface area contributed by atoms with Crippen LogP contribution in [-0.4, -0.2) is 38.2 Å². The van der Waals surface area contributed by atoms with Gasteiger partial charge in [0.1, 0.15) is 11.5 Å². The maximum Gasteiger partial charge on any atom is 0.160 e. The first-order valence-electron chi connectivity index (χ1n) is 8.51. The number of aromatic amines is 1. The highest BCUT2D eigenvalue weighted by Gasteiger charge is 2.19. The Hall–Kier alpha value is -2.47. The minimum absolute atomic E-state index is 0.0629. The number of nitrogens with zero attached hydrogens (tertiary/aromatic N) is 3. The van der Waals surface area contributed by atoms with Gasteiger partial charge in [0.2, 0.25) is 0 Å². The molecule has 1 aliphatic carbocycles. The van der Waals surface area contributed by atoms with E-state index < -0.39 is 0 Å². The molecular formula is C18H21N5O. The summed E-state index contributed by atoms with van der Waals surface area (Å²) in [4.78, 5) is 17.0. The summed E-state index contributed by atoms with van der Waals surface area (Å²) in [5.41, 5.74) is 2.90. The topological polar surface area (TPSA) is 86.7 Å². The van der Waals surface area contributed by atoms with E-state index in [0.717, 1.165) is 28.1 Å². The quantitative estimate of drug-likeness (QED) is 0.672. The molecule has 0 spiro atoms. The lowest BCUT2D eigenvalue weighted by molar-refractivity contribution is 0.311. The molecule has 6 nitrogen and oxygen atoms in total. The van der Waals surface area contributed by atoms with Gasteiger partial charge in [-0.15, -0.1) is 0 Å². The molecule has 1 saturated carbocycles. The zero-order valence-electron chi connectivity index (χ0n) is 13.5. The first-order chi connectivity index (χ1) is 11.8. The summed E-state index contributed by atoms with van der Waals surface area (Å²) >= 11 is 0. The molecule has 0 aromatic carbocycles. The van der Waals surface area contributed by atoms with Gasteiger partial charge in [0.15, 0.2) is 5.82 Å². The molecule has 4 rings (SSSR count). The van der Waals surface area contributed by atoms with Crippen LogP contribution in [0.25, 0.3) is 22.4 Å². The number of aromatic nitrogens is 4. The average molecular weight is 323 g/mol. The van der Waals surface area contributed by atoms with Crippen LogP contribution < -0.4 is 5.32 Å². The van der Waals surface area contributed by atoms with E-state index in [-0.39, 0.29) is 6.61 Å². The Bertz CT molecular complexity index is 838. The fraction of sp³-hybridized carbons (Fsp3) is 0.389. The third-order valence-electron chi connectivity index (χ3n) is 4.64. The number of hydrogen-bond acceptors (Lipinski definition) is 5. The van der Waals surface area contributed by atoms with Gasteiger partial charge in [0, 0.05) is 41.5 Å². The van der Waals surface area contributed by atoms with Crippen molar-refractivity contribution in [1.29, 1.82) is 0 Å². The second kappa shape index (κ2) is 6.57. The normalized spacial score (nSPS) is 15.2. The van der Waals surface area contributed by atoms with Gasteiger partial charge in [0.25, 0.3) is 0 Å². The van der Waals surface area contributed by atoms with E-state index in [0.29, 0.717) is 18.3 Å².